The lowest BCUT2D eigenvalue weighted by Crippen LogP contribution is -2.19. The van der Waals surface area contributed by atoms with Crippen molar-refractivity contribution in [2.24, 2.45) is 0 Å². The molecule has 1 rings (SSSR count). The molecule has 0 unspecified atom stereocenters. The van der Waals surface area contributed by atoms with Crippen LogP contribution in [0.5, 0.6) is 0 Å². The largest absolute Gasteiger partial charge is 0.477 e. The summed E-state index contributed by atoms with van der Waals surface area (Å²) in [5.74, 6) is -0.956. The summed E-state index contributed by atoms with van der Waals surface area (Å²) in [7, 11) is 1.58. The van der Waals surface area contributed by atoms with Crippen molar-refractivity contribution >= 4 is 11.8 Å². The van der Waals surface area contributed by atoms with Crippen LogP contribution in [-0.2, 0) is 0 Å². The number of hydrogen-bond donors (Lipinski definition) is 3. The summed E-state index contributed by atoms with van der Waals surface area (Å²) < 4.78 is 0. The molecule has 0 aliphatic carbocycles. The quantitative estimate of drug-likeness (QED) is 0.555. The molecule has 0 aliphatic rings. The van der Waals surface area contributed by atoms with Gasteiger partial charge in [-0.25, -0.2) is 9.89 Å². The van der Waals surface area contributed by atoms with Gasteiger partial charge in [-0.05, 0) is 0 Å². The highest BCUT2D eigenvalue weighted by Crippen LogP contribution is 1.98. The summed E-state index contributed by atoms with van der Waals surface area (Å²) in [5.41, 5.74) is -1.03. The van der Waals surface area contributed by atoms with Gasteiger partial charge in [0.15, 0.2) is 0 Å². The van der Waals surface area contributed by atoms with E-state index in [0.29, 0.717) is 5.82 Å². The molecular formula is C6H7N3O3. The Balaban J connectivity index is 3.26. The molecular weight excluding hydrogens is 162 g/mol. The first-order valence-electron chi connectivity index (χ1n) is 3.16. The maximum Gasteiger partial charge on any atom is 0.341 e. The number of hydrogen-bond acceptors (Lipinski definition) is 4. The van der Waals surface area contributed by atoms with Gasteiger partial charge in [0.05, 0.1) is 0 Å². The van der Waals surface area contributed by atoms with Gasteiger partial charge in [-0.15, -0.1) is 0 Å². The van der Waals surface area contributed by atoms with Gasteiger partial charge in [-0.1, -0.05) is 0 Å². The van der Waals surface area contributed by atoms with Crippen LogP contribution in [0.25, 0.3) is 0 Å². The highest BCUT2D eigenvalue weighted by atomic mass is 16.4. The van der Waals surface area contributed by atoms with Gasteiger partial charge >= 0.3 is 5.97 Å². The minimum atomic E-state index is -1.27. The van der Waals surface area contributed by atoms with Crippen LogP contribution in [-0.4, -0.2) is 28.3 Å². The Morgan fingerprint density at radius 1 is 1.75 bits per heavy atom. The second-order valence-electron chi connectivity index (χ2n) is 2.05. The monoisotopic (exact) mass is 169 g/mol. The van der Waals surface area contributed by atoms with Crippen LogP contribution in [0.3, 0.4) is 0 Å². The van der Waals surface area contributed by atoms with Crippen LogP contribution in [0.4, 0.5) is 5.82 Å². The third-order valence-electron chi connectivity index (χ3n) is 1.29. The second-order valence-corrected chi connectivity index (χ2v) is 2.05. The third-order valence-corrected chi connectivity index (χ3v) is 1.29. The Kier molecular flexibility index (Phi) is 2.09. The van der Waals surface area contributed by atoms with E-state index in [9.17, 15) is 9.59 Å². The Hall–Kier alpha value is -1.85. The first-order chi connectivity index (χ1) is 5.65. The van der Waals surface area contributed by atoms with E-state index in [1.165, 1.54) is 6.07 Å². The molecule has 6 nitrogen and oxygen atoms in total. The van der Waals surface area contributed by atoms with Crippen LogP contribution >= 0.6 is 0 Å². The van der Waals surface area contributed by atoms with Crippen LogP contribution in [0.15, 0.2) is 10.9 Å². The van der Waals surface area contributed by atoms with E-state index in [2.05, 4.69) is 15.5 Å². The molecule has 1 aromatic rings. The standard InChI is InChI=1S/C6H7N3O3/c1-7-4-2-3(6(11)12)5(10)9-8-4/h2H,1H3,(H,7,8)(H,9,10)(H,11,12). The van der Waals surface area contributed by atoms with Crippen molar-refractivity contribution < 1.29 is 9.90 Å². The molecule has 12 heavy (non-hydrogen) atoms. The number of anilines is 1. The topological polar surface area (TPSA) is 95.1 Å². The zero-order valence-electron chi connectivity index (χ0n) is 6.29. The average molecular weight is 169 g/mol. The van der Waals surface area contributed by atoms with Crippen molar-refractivity contribution in [3.05, 3.63) is 22.0 Å². The van der Waals surface area contributed by atoms with Gasteiger partial charge in [-0.3, -0.25) is 4.79 Å². The fourth-order valence-electron chi connectivity index (χ4n) is 0.693. The zero-order chi connectivity index (χ0) is 9.14. The van der Waals surface area contributed by atoms with Crippen molar-refractivity contribution in [2.45, 2.75) is 0 Å². The van der Waals surface area contributed by atoms with Crippen molar-refractivity contribution in [2.75, 3.05) is 12.4 Å². The summed E-state index contributed by atoms with van der Waals surface area (Å²) in [5, 5.41) is 16.7. The molecule has 0 fully saturated rings. The Labute approximate surface area is 67.2 Å². The van der Waals surface area contributed by atoms with Crippen LogP contribution in [0, 0.1) is 0 Å². The van der Waals surface area contributed by atoms with Crippen molar-refractivity contribution in [1.29, 1.82) is 0 Å². The number of carboxylic acid groups (broad SMARTS) is 1. The summed E-state index contributed by atoms with van der Waals surface area (Å²) in [4.78, 5) is 21.2. The molecule has 64 valence electrons. The smallest absolute Gasteiger partial charge is 0.341 e. The van der Waals surface area contributed by atoms with Gasteiger partial charge < -0.3 is 10.4 Å². The van der Waals surface area contributed by atoms with Crippen LogP contribution in [0.2, 0.25) is 0 Å². The number of aromatic nitrogens is 2. The highest BCUT2D eigenvalue weighted by molar-refractivity contribution is 5.87. The lowest BCUT2D eigenvalue weighted by molar-refractivity contribution is 0.0694. The molecule has 1 heterocycles. The van der Waals surface area contributed by atoms with E-state index in [-0.39, 0.29) is 5.56 Å². The van der Waals surface area contributed by atoms with Gasteiger partial charge in [0.25, 0.3) is 5.56 Å². The molecule has 1 aromatic heterocycles. The SMILES string of the molecule is CNc1cc(C(=O)O)c(=O)[nH]n1. The lowest BCUT2D eigenvalue weighted by Gasteiger charge is -1.97. The Morgan fingerprint density at radius 2 is 2.42 bits per heavy atom. The van der Waals surface area contributed by atoms with Gasteiger partial charge in [0.2, 0.25) is 0 Å². The molecule has 0 aromatic carbocycles. The fourth-order valence-corrected chi connectivity index (χ4v) is 0.693. The number of aromatic carboxylic acids is 1. The number of aromatic amines is 1. The molecule has 0 spiro atoms. The Morgan fingerprint density at radius 3 is 2.92 bits per heavy atom. The van der Waals surface area contributed by atoms with Gasteiger partial charge in [0, 0.05) is 13.1 Å². The zero-order valence-corrected chi connectivity index (χ0v) is 6.29. The van der Waals surface area contributed by atoms with E-state index < -0.39 is 11.5 Å². The number of carboxylic acids is 1. The molecule has 0 aliphatic heterocycles. The molecule has 0 saturated heterocycles. The first-order valence-corrected chi connectivity index (χ1v) is 3.16. The maximum absolute atomic E-state index is 10.8. The highest BCUT2D eigenvalue weighted by Gasteiger charge is 2.08. The van der Waals surface area contributed by atoms with Gasteiger partial charge in [-0.2, -0.15) is 5.10 Å². The normalized spacial score (nSPS) is 9.42. The van der Waals surface area contributed by atoms with Crippen molar-refractivity contribution in [3.63, 3.8) is 0 Å². The number of H-pyrrole nitrogens is 1. The Bertz CT molecular complexity index is 357. The summed E-state index contributed by atoms with van der Waals surface area (Å²) in [6.07, 6.45) is 0. The summed E-state index contributed by atoms with van der Waals surface area (Å²) >= 11 is 0. The summed E-state index contributed by atoms with van der Waals surface area (Å²) in [6.45, 7) is 0. The molecule has 6 heteroatoms. The predicted octanol–water partition coefficient (Wildman–Crippen LogP) is -0.490. The van der Waals surface area contributed by atoms with Crippen LogP contribution < -0.4 is 10.9 Å². The minimum Gasteiger partial charge on any atom is -0.477 e. The molecule has 0 radical (unpaired) electrons. The van der Waals surface area contributed by atoms with E-state index >= 15 is 0 Å². The third kappa shape index (κ3) is 1.42. The number of carbonyl (C=O) groups is 1. The second kappa shape index (κ2) is 3.04. The van der Waals surface area contributed by atoms with Crippen molar-refractivity contribution in [1.82, 2.24) is 10.2 Å². The van der Waals surface area contributed by atoms with E-state index in [0.717, 1.165) is 0 Å². The number of rotatable bonds is 2. The number of nitrogens with one attached hydrogen (secondary N) is 2. The average Bonchev–Trinajstić information content (AvgIpc) is 2.05. The fraction of sp³-hybridized carbons (Fsp3) is 0.167. The first kappa shape index (κ1) is 8.25. The molecule has 3 N–H and O–H groups in total. The van der Waals surface area contributed by atoms with Crippen molar-refractivity contribution in [3.8, 4) is 0 Å². The van der Waals surface area contributed by atoms with E-state index in [1.54, 1.807) is 7.05 Å². The molecule has 0 amide bonds. The maximum atomic E-state index is 10.8. The predicted molar refractivity (Wildman–Crippen MR) is 41.4 cm³/mol. The lowest BCUT2D eigenvalue weighted by atomic mass is 10.3. The van der Waals surface area contributed by atoms with E-state index in [1.807, 2.05) is 0 Å². The number of nitrogens with zero attached hydrogens (tertiary/aromatic N) is 1. The molecule has 0 bridgehead atoms. The minimum absolute atomic E-state index is 0.312. The molecule has 0 saturated carbocycles. The van der Waals surface area contributed by atoms with Crippen LogP contribution in [0.1, 0.15) is 10.4 Å². The molecule has 0 atom stereocenters. The summed E-state index contributed by atoms with van der Waals surface area (Å²) in [6, 6.07) is 1.17. The van der Waals surface area contributed by atoms with Gasteiger partial charge in [0.1, 0.15) is 11.4 Å². The van der Waals surface area contributed by atoms with E-state index in [4.69, 9.17) is 5.11 Å².